The van der Waals surface area contributed by atoms with Crippen LogP contribution in [0, 0.1) is 13.8 Å². The Labute approximate surface area is 203 Å². The van der Waals surface area contributed by atoms with Crippen molar-refractivity contribution in [1.82, 2.24) is 9.55 Å². The number of hydrogen-bond donors (Lipinski definition) is 2. The van der Waals surface area contributed by atoms with Crippen molar-refractivity contribution in [3.05, 3.63) is 93.6 Å². The van der Waals surface area contributed by atoms with Gasteiger partial charge >= 0.3 is 0 Å². The van der Waals surface area contributed by atoms with Gasteiger partial charge in [0, 0.05) is 22.0 Å². The molecular formula is C27H25ClN4O2. The Kier molecular flexibility index (Phi) is 5.54. The fourth-order valence-corrected chi connectivity index (χ4v) is 4.85. The number of benzene rings is 3. The lowest BCUT2D eigenvalue weighted by molar-refractivity contribution is -0.113. The van der Waals surface area contributed by atoms with E-state index < -0.39 is 6.04 Å². The topological polar surface area (TPSA) is 68.2 Å². The molecule has 34 heavy (non-hydrogen) atoms. The van der Waals surface area contributed by atoms with E-state index in [1.807, 2.05) is 81.4 Å². The van der Waals surface area contributed by atoms with Crippen LogP contribution >= 0.6 is 11.6 Å². The SMILES string of the molecule is COc1ccccc1[C@H]1C(C(=O)Nc2cc(C)cc(Cl)c2C)=C(C)Nc2nc3ccccc3n21. The Balaban J connectivity index is 1.70. The number of aryl methyl sites for hydroxylation is 1. The first-order chi connectivity index (χ1) is 16.4. The average molecular weight is 473 g/mol. The summed E-state index contributed by atoms with van der Waals surface area (Å²) in [5.74, 6) is 1.17. The molecule has 0 aliphatic carbocycles. The zero-order chi connectivity index (χ0) is 24.0. The third-order valence-electron chi connectivity index (χ3n) is 6.25. The van der Waals surface area contributed by atoms with E-state index >= 15 is 0 Å². The van der Waals surface area contributed by atoms with Crippen LogP contribution in [-0.4, -0.2) is 22.6 Å². The maximum absolute atomic E-state index is 13.9. The van der Waals surface area contributed by atoms with Crippen LogP contribution in [0.1, 0.15) is 29.7 Å². The highest BCUT2D eigenvalue weighted by atomic mass is 35.5. The first kappa shape index (κ1) is 22.0. The predicted octanol–water partition coefficient (Wildman–Crippen LogP) is 6.24. The molecule has 6 nitrogen and oxygen atoms in total. The Morgan fingerprint density at radius 2 is 1.82 bits per heavy atom. The number of carbonyl (C=O) groups is 1. The molecule has 0 saturated carbocycles. The molecule has 1 aromatic heterocycles. The Morgan fingerprint density at radius 3 is 2.62 bits per heavy atom. The molecule has 7 heteroatoms. The highest BCUT2D eigenvalue weighted by molar-refractivity contribution is 6.32. The minimum atomic E-state index is -0.444. The first-order valence-electron chi connectivity index (χ1n) is 11.0. The summed E-state index contributed by atoms with van der Waals surface area (Å²) in [4.78, 5) is 18.7. The monoisotopic (exact) mass is 472 g/mol. The van der Waals surface area contributed by atoms with Crippen molar-refractivity contribution < 1.29 is 9.53 Å². The van der Waals surface area contributed by atoms with Gasteiger partial charge in [0.25, 0.3) is 5.91 Å². The summed E-state index contributed by atoms with van der Waals surface area (Å²) in [6, 6.07) is 19.1. The molecule has 3 aromatic carbocycles. The molecule has 1 aliphatic rings. The van der Waals surface area contributed by atoms with Gasteiger partial charge in [0.05, 0.1) is 29.8 Å². The van der Waals surface area contributed by atoms with E-state index in [0.717, 1.165) is 33.4 Å². The van der Waals surface area contributed by atoms with Gasteiger partial charge in [-0.2, -0.15) is 0 Å². The number of methoxy groups -OCH3 is 1. The number of para-hydroxylation sites is 3. The summed E-state index contributed by atoms with van der Waals surface area (Å²) >= 11 is 6.39. The molecule has 0 fully saturated rings. The molecule has 1 atom stereocenters. The number of nitrogens with zero attached hydrogens (tertiary/aromatic N) is 2. The van der Waals surface area contributed by atoms with Crippen LogP contribution < -0.4 is 15.4 Å². The van der Waals surface area contributed by atoms with Gasteiger partial charge < -0.3 is 15.4 Å². The fraction of sp³-hybridized carbons (Fsp3) is 0.185. The van der Waals surface area contributed by atoms with E-state index in [9.17, 15) is 4.79 Å². The number of hydrogen-bond acceptors (Lipinski definition) is 4. The number of allylic oxidation sites excluding steroid dienone is 1. The molecule has 0 saturated heterocycles. The predicted molar refractivity (Wildman–Crippen MR) is 137 cm³/mol. The van der Waals surface area contributed by atoms with Crippen molar-refractivity contribution in [2.24, 2.45) is 0 Å². The van der Waals surface area contributed by atoms with Gasteiger partial charge in [0.2, 0.25) is 5.95 Å². The van der Waals surface area contributed by atoms with Crippen LogP contribution in [0.4, 0.5) is 11.6 Å². The highest BCUT2D eigenvalue weighted by Crippen LogP contribution is 2.42. The van der Waals surface area contributed by atoms with Crippen molar-refractivity contribution in [3.63, 3.8) is 0 Å². The largest absolute Gasteiger partial charge is 0.496 e. The number of aromatic nitrogens is 2. The zero-order valence-corrected chi connectivity index (χ0v) is 20.2. The number of anilines is 2. The molecule has 0 unspecified atom stereocenters. The second-order valence-electron chi connectivity index (χ2n) is 8.48. The van der Waals surface area contributed by atoms with Crippen LogP contribution in [0.25, 0.3) is 11.0 Å². The van der Waals surface area contributed by atoms with Crippen molar-refractivity contribution in [2.75, 3.05) is 17.7 Å². The van der Waals surface area contributed by atoms with Crippen LogP contribution in [0.15, 0.2) is 71.9 Å². The van der Waals surface area contributed by atoms with Crippen LogP contribution in [0.3, 0.4) is 0 Å². The van der Waals surface area contributed by atoms with Crippen molar-refractivity contribution >= 4 is 40.2 Å². The third-order valence-corrected chi connectivity index (χ3v) is 6.64. The highest BCUT2D eigenvalue weighted by Gasteiger charge is 2.35. The second-order valence-corrected chi connectivity index (χ2v) is 8.88. The lowest BCUT2D eigenvalue weighted by Crippen LogP contribution is -2.31. The molecule has 172 valence electrons. The third kappa shape index (κ3) is 3.60. The molecule has 5 rings (SSSR count). The lowest BCUT2D eigenvalue weighted by Gasteiger charge is -2.31. The molecule has 4 aromatic rings. The number of ether oxygens (including phenoxy) is 1. The molecular weight excluding hydrogens is 448 g/mol. The lowest BCUT2D eigenvalue weighted by atomic mass is 9.93. The van der Waals surface area contributed by atoms with E-state index in [4.69, 9.17) is 21.3 Å². The summed E-state index contributed by atoms with van der Waals surface area (Å²) in [6.07, 6.45) is 0. The van der Waals surface area contributed by atoms with E-state index in [2.05, 4.69) is 15.2 Å². The van der Waals surface area contributed by atoms with Crippen LogP contribution in [0.5, 0.6) is 5.75 Å². The number of carbonyl (C=O) groups excluding carboxylic acids is 1. The normalized spacial score (nSPS) is 15.1. The van der Waals surface area contributed by atoms with Crippen molar-refractivity contribution in [1.29, 1.82) is 0 Å². The van der Waals surface area contributed by atoms with Gasteiger partial charge in [-0.3, -0.25) is 9.36 Å². The molecule has 2 heterocycles. The maximum Gasteiger partial charge on any atom is 0.255 e. The number of halogens is 1. The van der Waals surface area contributed by atoms with Crippen LogP contribution in [-0.2, 0) is 4.79 Å². The van der Waals surface area contributed by atoms with Crippen molar-refractivity contribution in [3.8, 4) is 5.75 Å². The minimum Gasteiger partial charge on any atom is -0.496 e. The fourth-order valence-electron chi connectivity index (χ4n) is 4.58. The minimum absolute atomic E-state index is 0.214. The smallest absolute Gasteiger partial charge is 0.255 e. The van der Waals surface area contributed by atoms with Gasteiger partial charge in [0.15, 0.2) is 0 Å². The van der Waals surface area contributed by atoms with E-state index in [1.54, 1.807) is 7.11 Å². The van der Waals surface area contributed by atoms with Gasteiger partial charge in [0.1, 0.15) is 5.75 Å². The van der Waals surface area contributed by atoms with E-state index in [-0.39, 0.29) is 5.91 Å². The standard InChI is InChI=1S/C27H25ClN4O2/c1-15-13-19(28)16(2)21(14-15)30-26(33)24-17(3)29-27-31-20-10-6-7-11-22(20)32(27)25(24)18-9-5-8-12-23(18)34-4/h5-14,25H,1-4H3,(H,29,31)(H,30,33)/t25-/m0/s1. The van der Waals surface area contributed by atoms with Crippen molar-refractivity contribution in [2.45, 2.75) is 26.8 Å². The van der Waals surface area contributed by atoms with Gasteiger partial charge in [-0.25, -0.2) is 4.98 Å². The Bertz CT molecular complexity index is 1470. The summed E-state index contributed by atoms with van der Waals surface area (Å²) in [5.41, 5.74) is 6.45. The summed E-state index contributed by atoms with van der Waals surface area (Å²) < 4.78 is 7.77. The van der Waals surface area contributed by atoms with Gasteiger partial charge in [-0.05, 0) is 62.2 Å². The number of amides is 1. The van der Waals surface area contributed by atoms with E-state index in [0.29, 0.717) is 28.0 Å². The number of fused-ring (bicyclic) bond motifs is 3. The molecule has 1 aliphatic heterocycles. The number of rotatable bonds is 4. The molecule has 2 N–H and O–H groups in total. The Morgan fingerprint density at radius 1 is 1.09 bits per heavy atom. The second kappa shape index (κ2) is 8.54. The van der Waals surface area contributed by atoms with Gasteiger partial charge in [-0.1, -0.05) is 41.9 Å². The molecule has 0 radical (unpaired) electrons. The molecule has 0 bridgehead atoms. The molecule has 1 amide bonds. The molecule has 0 spiro atoms. The summed E-state index contributed by atoms with van der Waals surface area (Å²) in [6.45, 7) is 5.75. The maximum atomic E-state index is 13.9. The van der Waals surface area contributed by atoms with Crippen LogP contribution in [0.2, 0.25) is 5.02 Å². The summed E-state index contributed by atoms with van der Waals surface area (Å²) in [5, 5.41) is 7.07. The number of imidazole rings is 1. The van der Waals surface area contributed by atoms with E-state index in [1.165, 1.54) is 0 Å². The Hall–Kier alpha value is -3.77. The summed E-state index contributed by atoms with van der Waals surface area (Å²) in [7, 11) is 1.64. The zero-order valence-electron chi connectivity index (χ0n) is 19.4. The van der Waals surface area contributed by atoms with Gasteiger partial charge in [-0.15, -0.1) is 0 Å². The average Bonchev–Trinajstić information content (AvgIpc) is 3.19. The first-order valence-corrected chi connectivity index (χ1v) is 11.4. The quantitative estimate of drug-likeness (QED) is 0.368. The number of nitrogens with one attached hydrogen (secondary N) is 2.